The lowest BCUT2D eigenvalue weighted by Crippen LogP contribution is -1.85. The summed E-state index contributed by atoms with van der Waals surface area (Å²) in [6.45, 7) is 0.575. The molecule has 0 aromatic heterocycles. The van der Waals surface area contributed by atoms with Gasteiger partial charge in [0.1, 0.15) is 0 Å². The van der Waals surface area contributed by atoms with Crippen molar-refractivity contribution in [1.82, 2.24) is 0 Å². The highest BCUT2D eigenvalue weighted by atomic mass is 14.7. The second kappa shape index (κ2) is 6.14. The minimum atomic E-state index is 0.575. The number of hydrogen-bond donors (Lipinski definition) is 0. The fourth-order valence-electron chi connectivity index (χ4n) is 1.58. The van der Waals surface area contributed by atoms with Crippen LogP contribution in [0.3, 0.4) is 0 Å². The van der Waals surface area contributed by atoms with Crippen molar-refractivity contribution >= 4 is 6.21 Å². The van der Waals surface area contributed by atoms with Gasteiger partial charge in [-0.3, -0.25) is 4.99 Å². The molecular weight excluding hydrogens is 234 g/mol. The van der Waals surface area contributed by atoms with Crippen LogP contribution < -0.4 is 0 Å². The van der Waals surface area contributed by atoms with Gasteiger partial charge in [0.05, 0.1) is 29.8 Å². The van der Waals surface area contributed by atoms with E-state index in [0.717, 1.165) is 11.1 Å². The number of rotatable bonds is 3. The van der Waals surface area contributed by atoms with Crippen LogP contribution in [0.1, 0.15) is 22.3 Å². The van der Waals surface area contributed by atoms with Gasteiger partial charge in [0, 0.05) is 6.21 Å². The molecule has 0 aliphatic heterocycles. The van der Waals surface area contributed by atoms with Crippen LogP contribution in [0.5, 0.6) is 0 Å². The first kappa shape index (κ1) is 12.5. The maximum absolute atomic E-state index is 8.69. The molecule has 0 atom stereocenters. The molecular formula is C16H11N3. The van der Waals surface area contributed by atoms with Crippen LogP contribution in [-0.2, 0) is 6.54 Å². The smallest absolute Gasteiger partial charge is 0.0991 e. The molecule has 3 heteroatoms. The Morgan fingerprint density at radius 2 is 1.37 bits per heavy atom. The van der Waals surface area contributed by atoms with E-state index in [4.69, 9.17) is 10.5 Å². The van der Waals surface area contributed by atoms with E-state index >= 15 is 0 Å². The molecule has 19 heavy (non-hydrogen) atoms. The normalized spacial score (nSPS) is 10.0. The zero-order valence-corrected chi connectivity index (χ0v) is 10.2. The van der Waals surface area contributed by atoms with E-state index in [9.17, 15) is 0 Å². The molecule has 90 valence electrons. The van der Waals surface area contributed by atoms with E-state index in [2.05, 4.69) is 17.1 Å². The molecule has 0 saturated heterocycles. The predicted octanol–water partition coefficient (Wildman–Crippen LogP) is 3.05. The predicted molar refractivity (Wildman–Crippen MR) is 73.6 cm³/mol. The van der Waals surface area contributed by atoms with E-state index in [0.29, 0.717) is 17.7 Å². The van der Waals surface area contributed by atoms with Crippen molar-refractivity contribution in [3.8, 4) is 12.1 Å². The summed E-state index contributed by atoms with van der Waals surface area (Å²) in [6.07, 6.45) is 1.78. The number of aliphatic imine (C=N–C) groups is 1. The van der Waals surface area contributed by atoms with Crippen molar-refractivity contribution in [1.29, 1.82) is 10.5 Å². The first-order valence-corrected chi connectivity index (χ1v) is 5.81. The minimum absolute atomic E-state index is 0.575. The second-order valence-corrected chi connectivity index (χ2v) is 4.01. The summed E-state index contributed by atoms with van der Waals surface area (Å²) in [5.41, 5.74) is 3.32. The number of nitriles is 2. The van der Waals surface area contributed by atoms with Crippen LogP contribution in [0.15, 0.2) is 53.5 Å². The largest absolute Gasteiger partial charge is 0.288 e. The zero-order valence-electron chi connectivity index (χ0n) is 10.2. The topological polar surface area (TPSA) is 59.9 Å². The van der Waals surface area contributed by atoms with Crippen molar-refractivity contribution in [3.05, 3.63) is 70.8 Å². The van der Waals surface area contributed by atoms with Gasteiger partial charge in [-0.1, -0.05) is 24.3 Å². The van der Waals surface area contributed by atoms with E-state index < -0.39 is 0 Å². The molecule has 0 aliphatic rings. The molecule has 0 aliphatic carbocycles. The summed E-state index contributed by atoms with van der Waals surface area (Å²) < 4.78 is 0. The van der Waals surface area contributed by atoms with Gasteiger partial charge in [0.25, 0.3) is 0 Å². The molecule has 2 rings (SSSR count). The van der Waals surface area contributed by atoms with E-state index in [-0.39, 0.29) is 0 Å². The lowest BCUT2D eigenvalue weighted by Gasteiger charge is -1.97. The van der Waals surface area contributed by atoms with Gasteiger partial charge < -0.3 is 0 Å². The third kappa shape index (κ3) is 3.52. The Morgan fingerprint density at radius 1 is 0.842 bits per heavy atom. The molecule has 0 radical (unpaired) electrons. The first-order valence-electron chi connectivity index (χ1n) is 5.81. The molecule has 0 unspecified atom stereocenters. The van der Waals surface area contributed by atoms with E-state index in [1.807, 2.05) is 24.3 Å². The average Bonchev–Trinajstić information content (AvgIpc) is 2.49. The van der Waals surface area contributed by atoms with Crippen LogP contribution in [0.2, 0.25) is 0 Å². The third-order valence-corrected chi connectivity index (χ3v) is 2.64. The number of benzene rings is 2. The average molecular weight is 245 g/mol. The maximum atomic E-state index is 8.69. The summed E-state index contributed by atoms with van der Waals surface area (Å²) in [5.74, 6) is 0. The van der Waals surface area contributed by atoms with Gasteiger partial charge in [-0.25, -0.2) is 0 Å². The molecule has 0 amide bonds. The first-order chi connectivity index (χ1) is 9.31. The molecule has 0 fully saturated rings. The quantitative estimate of drug-likeness (QED) is 0.780. The number of hydrogen-bond acceptors (Lipinski definition) is 3. The standard InChI is InChI=1S/C16H11N3/c17-9-13-1-5-15(6-2-13)11-19-12-16-7-3-14(10-18)4-8-16/h1-8,11H,12H2. The highest BCUT2D eigenvalue weighted by Crippen LogP contribution is 2.05. The Hall–Kier alpha value is -2.91. The van der Waals surface area contributed by atoms with Crippen molar-refractivity contribution in [2.45, 2.75) is 6.54 Å². The fraction of sp³-hybridized carbons (Fsp3) is 0.0625. The van der Waals surface area contributed by atoms with Crippen molar-refractivity contribution < 1.29 is 0 Å². The van der Waals surface area contributed by atoms with Crippen LogP contribution in [0.4, 0.5) is 0 Å². The third-order valence-electron chi connectivity index (χ3n) is 2.64. The maximum Gasteiger partial charge on any atom is 0.0991 e. The molecule has 0 bridgehead atoms. The van der Waals surface area contributed by atoms with Crippen molar-refractivity contribution in [2.75, 3.05) is 0 Å². The lowest BCUT2D eigenvalue weighted by atomic mass is 10.1. The Morgan fingerprint density at radius 3 is 1.89 bits per heavy atom. The van der Waals surface area contributed by atoms with Gasteiger partial charge in [-0.15, -0.1) is 0 Å². The van der Waals surface area contributed by atoms with Gasteiger partial charge in [-0.05, 0) is 35.4 Å². The SMILES string of the molecule is N#Cc1ccc(C=NCc2ccc(C#N)cc2)cc1. The highest BCUT2D eigenvalue weighted by Gasteiger charge is 1.93. The monoisotopic (exact) mass is 245 g/mol. The van der Waals surface area contributed by atoms with Crippen LogP contribution >= 0.6 is 0 Å². The summed E-state index contributed by atoms with van der Waals surface area (Å²) >= 11 is 0. The van der Waals surface area contributed by atoms with Crippen LogP contribution in [-0.4, -0.2) is 6.21 Å². The van der Waals surface area contributed by atoms with Crippen molar-refractivity contribution in [2.24, 2.45) is 4.99 Å². The van der Waals surface area contributed by atoms with E-state index in [1.165, 1.54) is 0 Å². The molecule has 2 aromatic rings. The molecule has 0 heterocycles. The summed E-state index contributed by atoms with van der Waals surface area (Å²) in [5, 5.41) is 17.4. The molecule has 2 aromatic carbocycles. The molecule has 3 nitrogen and oxygen atoms in total. The highest BCUT2D eigenvalue weighted by molar-refractivity contribution is 5.79. The summed E-state index contributed by atoms with van der Waals surface area (Å²) in [4.78, 5) is 4.33. The Kier molecular flexibility index (Phi) is 4.05. The van der Waals surface area contributed by atoms with Gasteiger partial charge in [0.2, 0.25) is 0 Å². The minimum Gasteiger partial charge on any atom is -0.288 e. The van der Waals surface area contributed by atoms with Crippen molar-refractivity contribution in [3.63, 3.8) is 0 Å². The zero-order chi connectivity index (χ0) is 13.5. The van der Waals surface area contributed by atoms with Gasteiger partial charge >= 0.3 is 0 Å². The second-order valence-electron chi connectivity index (χ2n) is 4.01. The Bertz CT molecular complexity index is 653. The molecule has 0 N–H and O–H groups in total. The fourth-order valence-corrected chi connectivity index (χ4v) is 1.58. The molecule has 0 saturated carbocycles. The van der Waals surface area contributed by atoms with Gasteiger partial charge in [0.15, 0.2) is 0 Å². The van der Waals surface area contributed by atoms with Crippen LogP contribution in [0.25, 0.3) is 0 Å². The summed E-state index contributed by atoms with van der Waals surface area (Å²) in [6, 6.07) is 18.8. The Labute approximate surface area is 112 Å². The van der Waals surface area contributed by atoms with E-state index in [1.54, 1.807) is 30.5 Å². The lowest BCUT2D eigenvalue weighted by molar-refractivity contribution is 1.08. The van der Waals surface area contributed by atoms with Crippen LogP contribution in [0, 0.1) is 22.7 Å². The summed E-state index contributed by atoms with van der Waals surface area (Å²) in [7, 11) is 0. The van der Waals surface area contributed by atoms with Gasteiger partial charge in [-0.2, -0.15) is 10.5 Å². The Balaban J connectivity index is 1.99. The molecule has 0 spiro atoms. The number of nitrogens with zero attached hydrogens (tertiary/aromatic N) is 3.